The molecule has 0 aliphatic carbocycles. The number of nitrogen functional groups attached to an aromatic ring is 1. The first kappa shape index (κ1) is 24.8. The maximum Gasteiger partial charge on any atom is 0.412 e. The monoisotopic (exact) mass is 474 g/mol. The molecule has 0 aliphatic rings. The standard InChI is InChI=1S/C26H23FN4O4/c1-16(6-13-24(33)31-22-5-3-2-4-21(22)29)25(18-9-12-23(32)20(27)14-18)35-26(34)30-19-10-7-17(15-28)8-11-19/h2-14,16,25,32H,29H2,1H3,(H,30,34)(H,31,33)/b13-6+/t16-,25-/m1/s1. The smallest absolute Gasteiger partial charge is 0.412 e. The van der Waals surface area contributed by atoms with Crippen molar-refractivity contribution in [2.24, 2.45) is 5.92 Å². The zero-order chi connectivity index (χ0) is 25.4. The molecule has 0 unspecified atom stereocenters. The number of phenolic OH excluding ortho intramolecular Hbond substituents is 1. The molecule has 0 saturated carbocycles. The quantitative estimate of drug-likeness (QED) is 0.277. The number of nitrogens with zero attached hydrogens (tertiary/aromatic N) is 1. The number of anilines is 3. The van der Waals surface area contributed by atoms with Crippen LogP contribution in [0.5, 0.6) is 5.75 Å². The summed E-state index contributed by atoms with van der Waals surface area (Å²) in [5, 5.41) is 23.6. The van der Waals surface area contributed by atoms with Crippen LogP contribution in [0.25, 0.3) is 0 Å². The van der Waals surface area contributed by atoms with E-state index in [2.05, 4.69) is 10.6 Å². The summed E-state index contributed by atoms with van der Waals surface area (Å²) in [5.74, 6) is -2.44. The highest BCUT2D eigenvalue weighted by atomic mass is 19.1. The highest BCUT2D eigenvalue weighted by molar-refractivity contribution is 6.01. The fourth-order valence-electron chi connectivity index (χ4n) is 3.20. The Morgan fingerprint density at radius 2 is 1.83 bits per heavy atom. The molecule has 3 aromatic carbocycles. The fourth-order valence-corrected chi connectivity index (χ4v) is 3.20. The second-order valence-electron chi connectivity index (χ2n) is 7.65. The number of para-hydroxylation sites is 2. The van der Waals surface area contributed by atoms with Gasteiger partial charge in [0.1, 0.15) is 6.10 Å². The van der Waals surface area contributed by atoms with Crippen molar-refractivity contribution in [2.75, 3.05) is 16.4 Å². The van der Waals surface area contributed by atoms with Crippen LogP contribution in [0.1, 0.15) is 24.2 Å². The number of hydrogen-bond donors (Lipinski definition) is 4. The molecule has 3 aromatic rings. The van der Waals surface area contributed by atoms with Gasteiger partial charge in [-0.15, -0.1) is 0 Å². The third-order valence-corrected chi connectivity index (χ3v) is 5.04. The number of amides is 2. The molecule has 178 valence electrons. The Kier molecular flexibility index (Phi) is 8.03. The Balaban J connectivity index is 1.76. The third kappa shape index (κ3) is 6.82. The Labute approximate surface area is 201 Å². The van der Waals surface area contributed by atoms with E-state index in [1.165, 1.54) is 42.5 Å². The number of benzene rings is 3. The van der Waals surface area contributed by atoms with Gasteiger partial charge in [0, 0.05) is 11.6 Å². The molecule has 9 heteroatoms. The molecule has 0 radical (unpaired) electrons. The molecule has 0 bridgehead atoms. The number of aromatic hydroxyl groups is 1. The number of halogens is 1. The van der Waals surface area contributed by atoms with Crippen LogP contribution in [0.15, 0.2) is 78.9 Å². The SMILES string of the molecule is C[C@H](/C=C/C(=O)Nc1ccccc1N)[C@@H](OC(=O)Nc1ccc(C#N)cc1)c1ccc(O)c(F)c1. The molecular formula is C26H23FN4O4. The summed E-state index contributed by atoms with van der Waals surface area (Å²) in [5.41, 5.74) is 7.79. The Morgan fingerprint density at radius 1 is 1.11 bits per heavy atom. The van der Waals surface area contributed by atoms with E-state index in [0.29, 0.717) is 22.6 Å². The van der Waals surface area contributed by atoms with Crippen LogP contribution in [0.4, 0.5) is 26.2 Å². The predicted octanol–water partition coefficient (Wildman–Crippen LogP) is 5.11. The lowest BCUT2D eigenvalue weighted by Gasteiger charge is -2.23. The van der Waals surface area contributed by atoms with Gasteiger partial charge in [-0.2, -0.15) is 5.26 Å². The molecule has 2 amide bonds. The summed E-state index contributed by atoms with van der Waals surface area (Å²) in [6, 6.07) is 18.5. The highest BCUT2D eigenvalue weighted by Crippen LogP contribution is 2.30. The molecule has 5 N–H and O–H groups in total. The summed E-state index contributed by atoms with van der Waals surface area (Å²) >= 11 is 0. The molecule has 0 aliphatic heterocycles. The second-order valence-corrected chi connectivity index (χ2v) is 7.65. The number of hydrogen-bond acceptors (Lipinski definition) is 6. The van der Waals surface area contributed by atoms with Gasteiger partial charge in [-0.25, -0.2) is 9.18 Å². The normalized spacial score (nSPS) is 12.4. The number of rotatable bonds is 7. The molecule has 0 aromatic heterocycles. The molecule has 0 saturated heterocycles. The summed E-state index contributed by atoms with van der Waals surface area (Å²) in [6.07, 6.45) is 0.964. The van der Waals surface area contributed by atoms with Gasteiger partial charge in [-0.05, 0) is 60.2 Å². The number of nitrogens with two attached hydrogens (primary N) is 1. The summed E-state index contributed by atoms with van der Waals surface area (Å²) in [6.45, 7) is 1.69. The zero-order valence-electron chi connectivity index (χ0n) is 18.7. The number of nitriles is 1. The van der Waals surface area contributed by atoms with Crippen LogP contribution in [0.2, 0.25) is 0 Å². The number of phenols is 1. The van der Waals surface area contributed by atoms with Gasteiger partial charge in [0.05, 0.1) is 23.0 Å². The molecule has 3 rings (SSSR count). The van der Waals surface area contributed by atoms with E-state index in [0.717, 1.165) is 12.1 Å². The first-order chi connectivity index (χ1) is 16.8. The molecule has 0 heterocycles. The Bertz CT molecular complexity index is 1290. The van der Waals surface area contributed by atoms with Crippen molar-refractivity contribution in [1.29, 1.82) is 5.26 Å². The van der Waals surface area contributed by atoms with Crippen LogP contribution >= 0.6 is 0 Å². The van der Waals surface area contributed by atoms with Gasteiger partial charge in [-0.1, -0.05) is 31.2 Å². The van der Waals surface area contributed by atoms with E-state index < -0.39 is 35.6 Å². The lowest BCUT2D eigenvalue weighted by atomic mass is 9.96. The van der Waals surface area contributed by atoms with E-state index in [1.807, 2.05) is 6.07 Å². The first-order valence-electron chi connectivity index (χ1n) is 10.6. The number of carbonyl (C=O) groups is 2. The van der Waals surface area contributed by atoms with Crippen molar-refractivity contribution in [1.82, 2.24) is 0 Å². The molecular weight excluding hydrogens is 451 g/mol. The third-order valence-electron chi connectivity index (χ3n) is 5.04. The van der Waals surface area contributed by atoms with Crippen LogP contribution in [0, 0.1) is 23.1 Å². The molecule has 8 nitrogen and oxygen atoms in total. The van der Waals surface area contributed by atoms with Gasteiger partial charge in [0.25, 0.3) is 0 Å². The lowest BCUT2D eigenvalue weighted by Crippen LogP contribution is -2.21. The van der Waals surface area contributed by atoms with E-state index in [9.17, 15) is 19.1 Å². The van der Waals surface area contributed by atoms with Gasteiger partial charge in [0.15, 0.2) is 11.6 Å². The molecule has 35 heavy (non-hydrogen) atoms. The summed E-state index contributed by atoms with van der Waals surface area (Å²) in [4.78, 5) is 24.9. The first-order valence-corrected chi connectivity index (χ1v) is 10.6. The summed E-state index contributed by atoms with van der Waals surface area (Å²) < 4.78 is 19.6. The van der Waals surface area contributed by atoms with Crippen LogP contribution in [-0.4, -0.2) is 17.1 Å². The van der Waals surface area contributed by atoms with Crippen LogP contribution in [0.3, 0.4) is 0 Å². The lowest BCUT2D eigenvalue weighted by molar-refractivity contribution is -0.111. The van der Waals surface area contributed by atoms with Gasteiger partial charge >= 0.3 is 6.09 Å². The number of nitrogens with one attached hydrogen (secondary N) is 2. The fraction of sp³-hybridized carbons (Fsp3) is 0.115. The topological polar surface area (TPSA) is 137 Å². The van der Waals surface area contributed by atoms with E-state index in [-0.39, 0.29) is 5.56 Å². The van der Waals surface area contributed by atoms with Gasteiger partial charge in [-0.3, -0.25) is 10.1 Å². The number of carbonyl (C=O) groups excluding carboxylic acids is 2. The zero-order valence-corrected chi connectivity index (χ0v) is 18.7. The predicted molar refractivity (Wildman–Crippen MR) is 130 cm³/mol. The average Bonchev–Trinajstić information content (AvgIpc) is 2.85. The van der Waals surface area contributed by atoms with Crippen molar-refractivity contribution in [3.05, 3.63) is 95.8 Å². The van der Waals surface area contributed by atoms with Crippen LogP contribution in [-0.2, 0) is 9.53 Å². The van der Waals surface area contributed by atoms with Crippen molar-refractivity contribution in [3.63, 3.8) is 0 Å². The Hall–Kier alpha value is -4.84. The summed E-state index contributed by atoms with van der Waals surface area (Å²) in [7, 11) is 0. The van der Waals surface area contributed by atoms with E-state index in [4.69, 9.17) is 15.7 Å². The maximum absolute atomic E-state index is 14.0. The van der Waals surface area contributed by atoms with Crippen molar-refractivity contribution >= 4 is 29.1 Å². The largest absolute Gasteiger partial charge is 0.505 e. The van der Waals surface area contributed by atoms with E-state index >= 15 is 0 Å². The Morgan fingerprint density at radius 3 is 2.49 bits per heavy atom. The second kappa shape index (κ2) is 11.3. The maximum atomic E-state index is 14.0. The van der Waals surface area contributed by atoms with E-state index in [1.54, 1.807) is 31.2 Å². The van der Waals surface area contributed by atoms with Crippen molar-refractivity contribution in [2.45, 2.75) is 13.0 Å². The molecule has 0 spiro atoms. The minimum Gasteiger partial charge on any atom is -0.505 e. The minimum absolute atomic E-state index is 0.278. The number of ether oxygens (including phenoxy) is 1. The van der Waals surface area contributed by atoms with Gasteiger partial charge in [0.2, 0.25) is 5.91 Å². The van der Waals surface area contributed by atoms with Crippen LogP contribution < -0.4 is 16.4 Å². The molecule has 2 atom stereocenters. The van der Waals surface area contributed by atoms with Crippen molar-refractivity contribution in [3.8, 4) is 11.8 Å². The highest BCUT2D eigenvalue weighted by Gasteiger charge is 2.24. The van der Waals surface area contributed by atoms with Gasteiger partial charge < -0.3 is 20.9 Å². The minimum atomic E-state index is -0.991. The van der Waals surface area contributed by atoms with Crippen molar-refractivity contribution < 1.29 is 23.8 Å². The molecule has 0 fully saturated rings. The average molecular weight is 474 g/mol.